The molecule has 21 heavy (non-hydrogen) atoms. The van der Waals surface area contributed by atoms with Crippen LogP contribution in [0.1, 0.15) is 36.7 Å². The monoisotopic (exact) mass is 284 g/mol. The maximum atomic E-state index is 12.5. The number of carbonyl (C=O) groups is 1. The van der Waals surface area contributed by atoms with Crippen LogP contribution in [0.2, 0.25) is 0 Å². The highest BCUT2D eigenvalue weighted by Crippen LogP contribution is 2.33. The van der Waals surface area contributed by atoms with Gasteiger partial charge in [0.25, 0.3) is 0 Å². The van der Waals surface area contributed by atoms with Gasteiger partial charge in [0.15, 0.2) is 5.78 Å². The minimum atomic E-state index is 0.163. The molecule has 4 nitrogen and oxygen atoms in total. The Labute approximate surface area is 124 Å². The molecular weight excluding hydrogens is 264 g/mol. The van der Waals surface area contributed by atoms with Gasteiger partial charge >= 0.3 is 0 Å². The minimum absolute atomic E-state index is 0.163. The highest BCUT2D eigenvalue weighted by molar-refractivity contribution is 5.95. The third-order valence-electron chi connectivity index (χ3n) is 4.00. The van der Waals surface area contributed by atoms with E-state index in [1.165, 1.54) is 0 Å². The lowest BCUT2D eigenvalue weighted by atomic mass is 9.78. The molecule has 1 aliphatic rings. The summed E-state index contributed by atoms with van der Waals surface area (Å²) < 4.78 is 7.27. The van der Waals surface area contributed by atoms with Crippen LogP contribution in [0.4, 0.5) is 0 Å². The molecule has 0 aliphatic heterocycles. The molecule has 1 fully saturated rings. The molecule has 1 heterocycles. The number of ketones is 1. The molecule has 0 saturated heterocycles. The topological polar surface area (TPSA) is 44.1 Å². The van der Waals surface area contributed by atoms with Crippen LogP contribution < -0.4 is 0 Å². The van der Waals surface area contributed by atoms with Crippen molar-refractivity contribution in [2.24, 2.45) is 5.92 Å². The van der Waals surface area contributed by atoms with Crippen molar-refractivity contribution in [2.45, 2.75) is 32.3 Å². The number of aromatic nitrogens is 2. The van der Waals surface area contributed by atoms with Crippen molar-refractivity contribution in [3.05, 3.63) is 48.3 Å². The van der Waals surface area contributed by atoms with E-state index in [0.717, 1.165) is 25.1 Å². The summed E-state index contributed by atoms with van der Waals surface area (Å²) in [5, 5.41) is 4.27. The molecule has 1 aliphatic carbocycles. The van der Waals surface area contributed by atoms with E-state index in [9.17, 15) is 4.79 Å². The quantitative estimate of drug-likeness (QED) is 0.765. The van der Waals surface area contributed by atoms with Crippen LogP contribution in [0, 0.1) is 5.92 Å². The van der Waals surface area contributed by atoms with Crippen LogP contribution >= 0.6 is 0 Å². The summed E-state index contributed by atoms with van der Waals surface area (Å²) in [5.74, 6) is 0.615. The Balaban J connectivity index is 1.66. The zero-order valence-corrected chi connectivity index (χ0v) is 12.2. The first-order valence-corrected chi connectivity index (χ1v) is 7.52. The van der Waals surface area contributed by atoms with E-state index in [4.69, 9.17) is 4.74 Å². The minimum Gasteiger partial charge on any atom is -0.378 e. The van der Waals surface area contributed by atoms with Crippen molar-refractivity contribution in [1.29, 1.82) is 0 Å². The molecule has 0 bridgehead atoms. The van der Waals surface area contributed by atoms with Crippen LogP contribution in [0.25, 0.3) is 5.69 Å². The smallest absolute Gasteiger partial charge is 0.181 e. The van der Waals surface area contributed by atoms with Crippen LogP contribution in [-0.4, -0.2) is 28.3 Å². The zero-order valence-electron chi connectivity index (χ0n) is 12.2. The Kier molecular flexibility index (Phi) is 4.15. The number of nitrogens with zero attached hydrogens (tertiary/aromatic N) is 2. The first kappa shape index (κ1) is 14.0. The highest BCUT2D eigenvalue weighted by Gasteiger charge is 2.31. The van der Waals surface area contributed by atoms with Gasteiger partial charge in [0.05, 0.1) is 18.0 Å². The number of hydrogen-bond acceptors (Lipinski definition) is 3. The summed E-state index contributed by atoms with van der Waals surface area (Å²) in [6.45, 7) is 2.77. The van der Waals surface area contributed by atoms with E-state index in [0.29, 0.717) is 24.1 Å². The number of carbonyl (C=O) groups excluding carboxylic acids is 1. The van der Waals surface area contributed by atoms with Gasteiger partial charge in [0.2, 0.25) is 0 Å². The lowest BCUT2D eigenvalue weighted by Crippen LogP contribution is -2.33. The summed E-state index contributed by atoms with van der Waals surface area (Å²) in [6, 6.07) is 11.6. The summed E-state index contributed by atoms with van der Waals surface area (Å²) in [6.07, 6.45) is 4.62. The van der Waals surface area contributed by atoms with E-state index >= 15 is 0 Å². The standard InChI is InChI=1S/C17H20N2O2/c1-2-21-15-10-13(11-15)12-17(20)16-8-9-18-19(16)14-6-4-3-5-7-14/h3-9,13,15H,2,10-12H2,1H3. The summed E-state index contributed by atoms with van der Waals surface area (Å²) in [4.78, 5) is 12.5. The van der Waals surface area contributed by atoms with Crippen LogP contribution in [0.5, 0.6) is 0 Å². The van der Waals surface area contributed by atoms with Crippen LogP contribution in [-0.2, 0) is 4.74 Å². The number of para-hydroxylation sites is 1. The highest BCUT2D eigenvalue weighted by atomic mass is 16.5. The Morgan fingerprint density at radius 2 is 2.05 bits per heavy atom. The van der Waals surface area contributed by atoms with E-state index in [2.05, 4.69) is 5.10 Å². The lowest BCUT2D eigenvalue weighted by molar-refractivity contribution is -0.0246. The second-order valence-corrected chi connectivity index (χ2v) is 5.51. The average molecular weight is 284 g/mol. The number of rotatable bonds is 6. The predicted octanol–water partition coefficient (Wildman–Crippen LogP) is 3.26. The summed E-state index contributed by atoms with van der Waals surface area (Å²) in [7, 11) is 0. The number of ether oxygens (including phenoxy) is 1. The molecule has 4 heteroatoms. The number of hydrogen-bond donors (Lipinski definition) is 0. The second-order valence-electron chi connectivity index (χ2n) is 5.51. The molecule has 0 amide bonds. The van der Waals surface area contributed by atoms with Gasteiger partial charge in [-0.25, -0.2) is 4.68 Å². The molecule has 0 unspecified atom stereocenters. The third-order valence-corrected chi connectivity index (χ3v) is 4.00. The maximum Gasteiger partial charge on any atom is 0.181 e. The fraction of sp³-hybridized carbons (Fsp3) is 0.412. The van der Waals surface area contributed by atoms with Crippen molar-refractivity contribution >= 4 is 5.78 Å². The van der Waals surface area contributed by atoms with E-state index < -0.39 is 0 Å². The van der Waals surface area contributed by atoms with Gasteiger partial charge in [-0.05, 0) is 43.9 Å². The van der Waals surface area contributed by atoms with Gasteiger partial charge in [0, 0.05) is 13.0 Å². The van der Waals surface area contributed by atoms with Crippen LogP contribution in [0.15, 0.2) is 42.6 Å². The fourth-order valence-electron chi connectivity index (χ4n) is 2.87. The molecule has 1 saturated carbocycles. The molecule has 0 spiro atoms. The molecule has 3 rings (SSSR count). The van der Waals surface area contributed by atoms with Gasteiger partial charge in [-0.3, -0.25) is 4.79 Å². The Bertz CT molecular complexity index is 600. The summed E-state index contributed by atoms with van der Waals surface area (Å²) in [5.41, 5.74) is 1.59. The van der Waals surface area contributed by atoms with Gasteiger partial charge in [-0.15, -0.1) is 0 Å². The molecule has 0 radical (unpaired) electrons. The molecule has 0 N–H and O–H groups in total. The molecule has 0 atom stereocenters. The second kappa shape index (κ2) is 6.22. The zero-order chi connectivity index (χ0) is 14.7. The van der Waals surface area contributed by atoms with Crippen LogP contribution in [0.3, 0.4) is 0 Å². The van der Waals surface area contributed by atoms with Crippen molar-refractivity contribution in [3.63, 3.8) is 0 Å². The lowest BCUT2D eigenvalue weighted by Gasteiger charge is -2.34. The summed E-state index contributed by atoms with van der Waals surface area (Å²) >= 11 is 0. The van der Waals surface area contributed by atoms with Gasteiger partial charge in [-0.1, -0.05) is 18.2 Å². The van der Waals surface area contributed by atoms with Gasteiger partial charge in [-0.2, -0.15) is 5.10 Å². The largest absolute Gasteiger partial charge is 0.378 e. The SMILES string of the molecule is CCOC1CC(CC(=O)c2ccnn2-c2ccccc2)C1. The van der Waals surface area contributed by atoms with E-state index in [-0.39, 0.29) is 5.78 Å². The number of Topliss-reactive ketones (excluding diaryl/α,β-unsaturated/α-hetero) is 1. The van der Waals surface area contributed by atoms with Crippen molar-refractivity contribution in [2.75, 3.05) is 6.61 Å². The predicted molar refractivity (Wildman–Crippen MR) is 80.6 cm³/mol. The van der Waals surface area contributed by atoms with Crippen molar-refractivity contribution in [1.82, 2.24) is 9.78 Å². The first-order chi connectivity index (χ1) is 10.3. The first-order valence-electron chi connectivity index (χ1n) is 7.52. The van der Waals surface area contributed by atoms with E-state index in [1.54, 1.807) is 16.9 Å². The Morgan fingerprint density at radius 3 is 2.76 bits per heavy atom. The molecular formula is C17H20N2O2. The molecule has 1 aromatic heterocycles. The third kappa shape index (κ3) is 3.05. The normalized spacial score (nSPS) is 21.0. The molecule has 110 valence electrons. The fourth-order valence-corrected chi connectivity index (χ4v) is 2.87. The van der Waals surface area contributed by atoms with Crippen molar-refractivity contribution < 1.29 is 9.53 Å². The van der Waals surface area contributed by atoms with Gasteiger partial charge < -0.3 is 4.74 Å². The van der Waals surface area contributed by atoms with E-state index in [1.807, 2.05) is 37.3 Å². The average Bonchev–Trinajstić information content (AvgIpc) is 2.95. The molecule has 2 aromatic rings. The Morgan fingerprint density at radius 1 is 1.29 bits per heavy atom. The molecule has 1 aromatic carbocycles. The van der Waals surface area contributed by atoms with Gasteiger partial charge in [0.1, 0.15) is 5.69 Å². The number of benzene rings is 1. The maximum absolute atomic E-state index is 12.5. The Hall–Kier alpha value is -1.94. The van der Waals surface area contributed by atoms with Crippen molar-refractivity contribution in [3.8, 4) is 5.69 Å².